The van der Waals surface area contributed by atoms with Gasteiger partial charge in [-0.05, 0) is 31.2 Å². The fourth-order valence-electron chi connectivity index (χ4n) is 1.82. The van der Waals surface area contributed by atoms with E-state index in [1.807, 2.05) is 0 Å². The highest BCUT2D eigenvalue weighted by molar-refractivity contribution is 5.96. The monoisotopic (exact) mass is 304 g/mol. The van der Waals surface area contributed by atoms with Crippen LogP contribution in [0.25, 0.3) is 0 Å². The van der Waals surface area contributed by atoms with Gasteiger partial charge in [0.1, 0.15) is 11.6 Å². The molecule has 0 saturated heterocycles. The molecule has 6 heteroatoms. The summed E-state index contributed by atoms with van der Waals surface area (Å²) in [6, 6.07) is 9.47. The Balaban J connectivity index is 1.97. The van der Waals surface area contributed by atoms with Crippen molar-refractivity contribution in [2.24, 2.45) is 0 Å². The van der Waals surface area contributed by atoms with Crippen molar-refractivity contribution in [3.8, 4) is 0 Å². The quantitative estimate of drug-likeness (QED) is 0.834. The summed E-state index contributed by atoms with van der Waals surface area (Å²) in [5, 5.41) is 5.09. The van der Waals surface area contributed by atoms with Crippen LogP contribution in [0.2, 0.25) is 0 Å². The molecule has 0 aliphatic carbocycles. The number of anilines is 2. The number of ketones is 1. The summed E-state index contributed by atoms with van der Waals surface area (Å²) in [5.41, 5.74) is 0.883. The SMILES string of the molecule is CC(=O)c1cccc(NCC(=O)Nc2cc(F)ccc2F)c1. The maximum atomic E-state index is 13.4. The lowest BCUT2D eigenvalue weighted by molar-refractivity contribution is -0.114. The molecule has 2 aromatic rings. The number of carbonyl (C=O) groups excluding carboxylic acids is 2. The molecule has 0 radical (unpaired) electrons. The fraction of sp³-hybridized carbons (Fsp3) is 0.125. The number of hydrogen-bond donors (Lipinski definition) is 2. The van der Waals surface area contributed by atoms with Crippen LogP contribution < -0.4 is 10.6 Å². The molecule has 114 valence electrons. The lowest BCUT2D eigenvalue weighted by Gasteiger charge is -2.09. The van der Waals surface area contributed by atoms with E-state index in [1.54, 1.807) is 24.3 Å². The minimum atomic E-state index is -0.715. The highest BCUT2D eigenvalue weighted by atomic mass is 19.1. The third-order valence-electron chi connectivity index (χ3n) is 2.92. The third kappa shape index (κ3) is 4.12. The zero-order valence-corrected chi connectivity index (χ0v) is 11.8. The summed E-state index contributed by atoms with van der Waals surface area (Å²) in [6.07, 6.45) is 0. The third-order valence-corrected chi connectivity index (χ3v) is 2.92. The first kappa shape index (κ1) is 15.6. The van der Waals surface area contributed by atoms with Crippen LogP contribution in [-0.2, 0) is 4.79 Å². The standard InChI is InChI=1S/C16H14F2N2O2/c1-10(21)11-3-2-4-13(7-11)19-9-16(22)20-15-8-12(17)5-6-14(15)18/h2-8,19H,9H2,1H3,(H,20,22). The second-order valence-electron chi connectivity index (χ2n) is 4.66. The van der Waals surface area contributed by atoms with Gasteiger partial charge in [0.05, 0.1) is 12.2 Å². The van der Waals surface area contributed by atoms with Gasteiger partial charge in [0, 0.05) is 17.3 Å². The Bertz CT molecular complexity index is 717. The molecule has 2 rings (SSSR count). The number of rotatable bonds is 5. The van der Waals surface area contributed by atoms with Crippen molar-refractivity contribution < 1.29 is 18.4 Å². The zero-order chi connectivity index (χ0) is 16.1. The summed E-state index contributed by atoms with van der Waals surface area (Å²) < 4.78 is 26.4. The molecule has 2 N–H and O–H groups in total. The van der Waals surface area contributed by atoms with Crippen LogP contribution in [0.15, 0.2) is 42.5 Å². The van der Waals surface area contributed by atoms with Gasteiger partial charge in [-0.25, -0.2) is 8.78 Å². The number of nitrogens with one attached hydrogen (secondary N) is 2. The van der Waals surface area contributed by atoms with Crippen molar-refractivity contribution in [1.29, 1.82) is 0 Å². The zero-order valence-electron chi connectivity index (χ0n) is 11.8. The van der Waals surface area contributed by atoms with E-state index >= 15 is 0 Å². The van der Waals surface area contributed by atoms with Gasteiger partial charge in [-0.3, -0.25) is 9.59 Å². The summed E-state index contributed by atoms with van der Waals surface area (Å²) in [4.78, 5) is 23.0. The van der Waals surface area contributed by atoms with E-state index in [9.17, 15) is 18.4 Å². The first-order valence-electron chi connectivity index (χ1n) is 6.55. The van der Waals surface area contributed by atoms with Crippen LogP contribution in [0.4, 0.5) is 20.2 Å². The molecule has 0 spiro atoms. The predicted octanol–water partition coefficient (Wildman–Crippen LogP) is 3.22. The van der Waals surface area contributed by atoms with Crippen molar-refractivity contribution in [2.75, 3.05) is 17.2 Å². The second kappa shape index (κ2) is 6.80. The molecule has 0 aromatic heterocycles. The van der Waals surface area contributed by atoms with E-state index in [2.05, 4.69) is 10.6 Å². The Hall–Kier alpha value is -2.76. The van der Waals surface area contributed by atoms with E-state index in [0.29, 0.717) is 11.3 Å². The van der Waals surface area contributed by atoms with Crippen molar-refractivity contribution >= 4 is 23.1 Å². The molecule has 2 aromatic carbocycles. The summed E-state index contributed by atoms with van der Waals surface area (Å²) in [7, 11) is 0. The highest BCUT2D eigenvalue weighted by Crippen LogP contribution is 2.15. The van der Waals surface area contributed by atoms with Gasteiger partial charge in [-0.2, -0.15) is 0 Å². The number of benzene rings is 2. The van der Waals surface area contributed by atoms with Gasteiger partial charge in [0.15, 0.2) is 5.78 Å². The van der Waals surface area contributed by atoms with Gasteiger partial charge in [-0.1, -0.05) is 12.1 Å². The van der Waals surface area contributed by atoms with E-state index < -0.39 is 17.5 Å². The summed E-state index contributed by atoms with van der Waals surface area (Å²) >= 11 is 0. The number of halogens is 2. The predicted molar refractivity (Wildman–Crippen MR) is 79.9 cm³/mol. The molecule has 0 fully saturated rings. The molecular weight excluding hydrogens is 290 g/mol. The molecule has 0 unspecified atom stereocenters. The minimum Gasteiger partial charge on any atom is -0.376 e. The Morgan fingerprint density at radius 1 is 1.09 bits per heavy atom. The van der Waals surface area contributed by atoms with E-state index in [1.165, 1.54) is 6.92 Å². The fourth-order valence-corrected chi connectivity index (χ4v) is 1.82. The average molecular weight is 304 g/mol. The molecule has 0 bridgehead atoms. The number of Topliss-reactive ketones (excluding diaryl/α,β-unsaturated/α-hetero) is 1. The largest absolute Gasteiger partial charge is 0.376 e. The summed E-state index contributed by atoms with van der Waals surface area (Å²) in [5.74, 6) is -1.97. The van der Waals surface area contributed by atoms with Gasteiger partial charge in [0.25, 0.3) is 0 Å². The Morgan fingerprint density at radius 2 is 1.86 bits per heavy atom. The number of amides is 1. The van der Waals surface area contributed by atoms with Crippen LogP contribution in [0.3, 0.4) is 0 Å². The molecule has 0 saturated carbocycles. The van der Waals surface area contributed by atoms with Gasteiger partial charge in [0.2, 0.25) is 5.91 Å². The average Bonchev–Trinajstić information content (AvgIpc) is 2.49. The highest BCUT2D eigenvalue weighted by Gasteiger charge is 2.08. The molecule has 4 nitrogen and oxygen atoms in total. The lowest BCUT2D eigenvalue weighted by Crippen LogP contribution is -2.22. The lowest BCUT2D eigenvalue weighted by atomic mass is 10.1. The summed E-state index contributed by atoms with van der Waals surface area (Å²) in [6.45, 7) is 1.30. The molecule has 0 heterocycles. The van der Waals surface area contributed by atoms with Crippen molar-refractivity contribution in [1.82, 2.24) is 0 Å². The van der Waals surface area contributed by atoms with E-state index in [-0.39, 0.29) is 18.0 Å². The molecular formula is C16H14F2N2O2. The van der Waals surface area contributed by atoms with Crippen LogP contribution in [0.5, 0.6) is 0 Å². The number of carbonyl (C=O) groups is 2. The molecule has 0 atom stereocenters. The molecule has 0 aliphatic heterocycles. The van der Waals surface area contributed by atoms with Crippen LogP contribution in [0, 0.1) is 11.6 Å². The topological polar surface area (TPSA) is 58.2 Å². The van der Waals surface area contributed by atoms with Crippen LogP contribution in [-0.4, -0.2) is 18.2 Å². The maximum Gasteiger partial charge on any atom is 0.243 e. The maximum absolute atomic E-state index is 13.4. The molecule has 0 aliphatic rings. The smallest absolute Gasteiger partial charge is 0.243 e. The minimum absolute atomic E-state index is 0.0880. The van der Waals surface area contributed by atoms with Crippen LogP contribution in [0.1, 0.15) is 17.3 Å². The Labute approximate surface area is 126 Å². The van der Waals surface area contributed by atoms with E-state index in [4.69, 9.17) is 0 Å². The first-order chi connectivity index (χ1) is 10.5. The van der Waals surface area contributed by atoms with Crippen molar-refractivity contribution in [3.63, 3.8) is 0 Å². The Morgan fingerprint density at radius 3 is 2.59 bits per heavy atom. The first-order valence-corrected chi connectivity index (χ1v) is 6.55. The van der Waals surface area contributed by atoms with Crippen LogP contribution >= 0.6 is 0 Å². The normalized spacial score (nSPS) is 10.1. The Kier molecular flexibility index (Phi) is 4.83. The van der Waals surface area contributed by atoms with Crippen molar-refractivity contribution in [2.45, 2.75) is 6.92 Å². The number of hydrogen-bond acceptors (Lipinski definition) is 3. The van der Waals surface area contributed by atoms with Crippen molar-refractivity contribution in [3.05, 3.63) is 59.7 Å². The van der Waals surface area contributed by atoms with Gasteiger partial charge >= 0.3 is 0 Å². The molecule has 1 amide bonds. The van der Waals surface area contributed by atoms with E-state index in [0.717, 1.165) is 18.2 Å². The van der Waals surface area contributed by atoms with Gasteiger partial charge < -0.3 is 10.6 Å². The van der Waals surface area contributed by atoms with Gasteiger partial charge in [-0.15, -0.1) is 0 Å². The second-order valence-corrected chi connectivity index (χ2v) is 4.66. The molecule has 22 heavy (non-hydrogen) atoms.